The van der Waals surface area contributed by atoms with Gasteiger partial charge in [0.15, 0.2) is 0 Å². The Morgan fingerprint density at radius 3 is 2.62 bits per heavy atom. The fourth-order valence-electron chi connectivity index (χ4n) is 1.27. The van der Waals surface area contributed by atoms with Gasteiger partial charge in [0.1, 0.15) is 10.3 Å². The molecule has 0 aliphatic rings. The molecule has 0 bridgehead atoms. The molecule has 0 saturated heterocycles. The van der Waals surface area contributed by atoms with Crippen LogP contribution in [0.2, 0.25) is 0 Å². The van der Waals surface area contributed by atoms with E-state index in [4.69, 9.17) is 0 Å². The largest absolute Gasteiger partial charge is 0.306 e. The molecule has 1 aromatic heterocycles. The summed E-state index contributed by atoms with van der Waals surface area (Å²) in [5.74, 6) is 0.564. The molecule has 0 atom stereocenters. The zero-order chi connectivity index (χ0) is 11.7. The Labute approximate surface area is 109 Å². The lowest BCUT2D eigenvalue weighted by molar-refractivity contribution is 1.11. The molecule has 0 aliphatic carbocycles. The number of halogens is 2. The second-order valence-electron chi connectivity index (χ2n) is 3.37. The van der Waals surface area contributed by atoms with E-state index in [9.17, 15) is 4.79 Å². The van der Waals surface area contributed by atoms with E-state index in [0.717, 1.165) is 15.6 Å². The molecule has 2 aromatic rings. The van der Waals surface area contributed by atoms with Gasteiger partial charge < -0.3 is 4.98 Å². The quantitative estimate of drug-likeness (QED) is 0.863. The fourth-order valence-corrected chi connectivity index (χ4v) is 1.85. The number of rotatable bonds is 1. The van der Waals surface area contributed by atoms with Gasteiger partial charge in [-0.1, -0.05) is 28.1 Å². The summed E-state index contributed by atoms with van der Waals surface area (Å²) in [5.41, 5.74) is 1.84. The van der Waals surface area contributed by atoms with E-state index in [-0.39, 0.29) is 5.56 Å². The third kappa shape index (κ3) is 2.25. The molecule has 2 rings (SSSR count). The van der Waals surface area contributed by atoms with Gasteiger partial charge in [0.2, 0.25) is 0 Å². The summed E-state index contributed by atoms with van der Waals surface area (Å²) in [5, 5.41) is 0. The highest BCUT2D eigenvalue weighted by atomic mass is 79.9. The molecule has 16 heavy (non-hydrogen) atoms. The van der Waals surface area contributed by atoms with Crippen molar-refractivity contribution in [3.63, 3.8) is 0 Å². The van der Waals surface area contributed by atoms with Crippen LogP contribution in [-0.4, -0.2) is 9.97 Å². The van der Waals surface area contributed by atoms with Crippen LogP contribution in [0.4, 0.5) is 0 Å². The minimum Gasteiger partial charge on any atom is -0.306 e. The van der Waals surface area contributed by atoms with Crippen molar-refractivity contribution >= 4 is 31.9 Å². The molecule has 0 saturated carbocycles. The lowest BCUT2D eigenvalue weighted by Gasteiger charge is -2.03. The van der Waals surface area contributed by atoms with Crippen molar-refractivity contribution in [1.82, 2.24) is 9.97 Å². The Bertz CT molecular complexity index is 593. The van der Waals surface area contributed by atoms with Gasteiger partial charge in [-0.3, -0.25) is 4.79 Å². The number of hydrogen-bond donors (Lipinski definition) is 1. The van der Waals surface area contributed by atoms with Crippen molar-refractivity contribution < 1.29 is 0 Å². The molecule has 0 radical (unpaired) electrons. The average Bonchev–Trinajstić information content (AvgIpc) is 2.26. The van der Waals surface area contributed by atoms with Crippen LogP contribution in [0, 0.1) is 6.92 Å². The van der Waals surface area contributed by atoms with E-state index >= 15 is 0 Å². The molecular weight excluding hydrogens is 336 g/mol. The third-order valence-corrected chi connectivity index (χ3v) is 3.62. The zero-order valence-corrected chi connectivity index (χ0v) is 11.6. The predicted octanol–water partition coefficient (Wildman–Crippen LogP) is 3.27. The SMILES string of the molecule is Cc1ccc(-c2ncc(Br)c(=O)[nH]2)cc1Br. The predicted molar refractivity (Wildman–Crippen MR) is 70.4 cm³/mol. The molecule has 0 amide bonds. The molecular formula is C11H8Br2N2O. The van der Waals surface area contributed by atoms with Crippen LogP contribution in [0.15, 0.2) is 38.1 Å². The van der Waals surface area contributed by atoms with Crippen LogP contribution in [0.3, 0.4) is 0 Å². The molecule has 5 heteroatoms. The van der Waals surface area contributed by atoms with Gasteiger partial charge in [0, 0.05) is 16.2 Å². The van der Waals surface area contributed by atoms with E-state index in [0.29, 0.717) is 10.3 Å². The van der Waals surface area contributed by atoms with Crippen molar-refractivity contribution in [2.45, 2.75) is 6.92 Å². The summed E-state index contributed by atoms with van der Waals surface area (Å²) in [7, 11) is 0. The van der Waals surface area contributed by atoms with Gasteiger partial charge in [-0.15, -0.1) is 0 Å². The maximum atomic E-state index is 11.4. The van der Waals surface area contributed by atoms with Crippen LogP contribution < -0.4 is 5.56 Å². The minimum absolute atomic E-state index is 0.179. The maximum absolute atomic E-state index is 11.4. The molecule has 0 spiro atoms. The highest BCUT2D eigenvalue weighted by molar-refractivity contribution is 9.10. The Morgan fingerprint density at radius 2 is 2.00 bits per heavy atom. The number of nitrogens with zero attached hydrogens (tertiary/aromatic N) is 1. The first-order valence-electron chi connectivity index (χ1n) is 4.59. The van der Waals surface area contributed by atoms with Gasteiger partial charge in [-0.25, -0.2) is 4.98 Å². The van der Waals surface area contributed by atoms with Crippen molar-refractivity contribution in [3.8, 4) is 11.4 Å². The average molecular weight is 344 g/mol. The number of nitrogens with one attached hydrogen (secondary N) is 1. The van der Waals surface area contributed by atoms with E-state index in [1.165, 1.54) is 6.20 Å². The zero-order valence-electron chi connectivity index (χ0n) is 8.42. The molecule has 0 unspecified atom stereocenters. The van der Waals surface area contributed by atoms with Gasteiger partial charge in [-0.05, 0) is 34.5 Å². The van der Waals surface area contributed by atoms with Crippen molar-refractivity contribution in [2.24, 2.45) is 0 Å². The Kier molecular flexibility index (Phi) is 3.25. The van der Waals surface area contributed by atoms with Gasteiger partial charge in [-0.2, -0.15) is 0 Å². The number of aryl methyl sites for hydroxylation is 1. The van der Waals surface area contributed by atoms with E-state index < -0.39 is 0 Å². The topological polar surface area (TPSA) is 45.8 Å². The molecule has 1 N–H and O–H groups in total. The van der Waals surface area contributed by atoms with E-state index in [1.807, 2.05) is 25.1 Å². The summed E-state index contributed by atoms with van der Waals surface area (Å²) in [6.45, 7) is 2.01. The number of hydrogen-bond acceptors (Lipinski definition) is 2. The van der Waals surface area contributed by atoms with Crippen LogP contribution >= 0.6 is 31.9 Å². The molecule has 0 aliphatic heterocycles. The molecule has 1 heterocycles. The maximum Gasteiger partial charge on any atom is 0.265 e. The first kappa shape index (κ1) is 11.5. The first-order chi connectivity index (χ1) is 7.58. The Morgan fingerprint density at radius 1 is 1.25 bits per heavy atom. The summed E-state index contributed by atoms with van der Waals surface area (Å²) in [6.07, 6.45) is 1.50. The fraction of sp³-hybridized carbons (Fsp3) is 0.0909. The van der Waals surface area contributed by atoms with Crippen LogP contribution in [0.25, 0.3) is 11.4 Å². The number of aromatic nitrogens is 2. The highest BCUT2D eigenvalue weighted by Crippen LogP contribution is 2.22. The normalized spacial score (nSPS) is 10.4. The third-order valence-electron chi connectivity index (χ3n) is 2.20. The second-order valence-corrected chi connectivity index (χ2v) is 5.08. The number of aromatic amines is 1. The highest BCUT2D eigenvalue weighted by Gasteiger charge is 2.04. The van der Waals surface area contributed by atoms with Gasteiger partial charge in [0.25, 0.3) is 5.56 Å². The lowest BCUT2D eigenvalue weighted by Crippen LogP contribution is -2.08. The lowest BCUT2D eigenvalue weighted by atomic mass is 10.1. The Balaban J connectivity index is 2.55. The minimum atomic E-state index is -0.179. The summed E-state index contributed by atoms with van der Waals surface area (Å²) < 4.78 is 1.43. The first-order valence-corrected chi connectivity index (χ1v) is 6.18. The van der Waals surface area contributed by atoms with Gasteiger partial charge in [0.05, 0.1) is 0 Å². The van der Waals surface area contributed by atoms with Crippen LogP contribution in [-0.2, 0) is 0 Å². The second kappa shape index (κ2) is 4.51. The summed E-state index contributed by atoms with van der Waals surface area (Å²) in [6, 6.07) is 5.83. The molecule has 0 fully saturated rings. The smallest absolute Gasteiger partial charge is 0.265 e. The Hall–Kier alpha value is -0.940. The van der Waals surface area contributed by atoms with Gasteiger partial charge >= 0.3 is 0 Å². The van der Waals surface area contributed by atoms with Crippen LogP contribution in [0.5, 0.6) is 0 Å². The summed E-state index contributed by atoms with van der Waals surface area (Å²) in [4.78, 5) is 18.3. The number of H-pyrrole nitrogens is 1. The molecule has 1 aromatic carbocycles. The van der Waals surface area contributed by atoms with E-state index in [2.05, 4.69) is 41.8 Å². The van der Waals surface area contributed by atoms with Crippen molar-refractivity contribution in [3.05, 3.63) is 49.3 Å². The molecule has 3 nitrogen and oxygen atoms in total. The standard InChI is InChI=1S/C11H8Br2N2O/c1-6-2-3-7(4-8(6)12)10-14-5-9(13)11(16)15-10/h2-5H,1H3,(H,14,15,16). The molecule has 82 valence electrons. The van der Waals surface area contributed by atoms with Crippen molar-refractivity contribution in [1.29, 1.82) is 0 Å². The summed E-state index contributed by atoms with van der Waals surface area (Å²) >= 11 is 6.56. The van der Waals surface area contributed by atoms with Crippen molar-refractivity contribution in [2.75, 3.05) is 0 Å². The number of benzene rings is 1. The van der Waals surface area contributed by atoms with E-state index in [1.54, 1.807) is 0 Å². The van der Waals surface area contributed by atoms with Crippen LogP contribution in [0.1, 0.15) is 5.56 Å². The monoisotopic (exact) mass is 342 g/mol.